The Bertz CT molecular complexity index is 1590. The molecule has 3 heterocycles. The highest BCUT2D eigenvalue weighted by atomic mass is 16.5. The predicted octanol–water partition coefficient (Wildman–Crippen LogP) is 7.81. The lowest BCUT2D eigenvalue weighted by atomic mass is 9.93. The second-order valence-corrected chi connectivity index (χ2v) is 12.7. The zero-order valence-electron chi connectivity index (χ0n) is 27.9. The summed E-state index contributed by atoms with van der Waals surface area (Å²) in [4.78, 5) is 25.5. The maximum Gasteiger partial charge on any atom is 0.320 e. The summed E-state index contributed by atoms with van der Waals surface area (Å²) in [5.41, 5.74) is 10.5. The molecule has 0 bridgehead atoms. The van der Waals surface area contributed by atoms with Crippen LogP contribution in [0, 0.1) is 11.8 Å². The van der Waals surface area contributed by atoms with Crippen molar-refractivity contribution >= 4 is 11.6 Å². The fraction of sp³-hybridized carbons (Fsp3) is 0.474. The second kappa shape index (κ2) is 15.6. The van der Waals surface area contributed by atoms with Crippen LogP contribution in [0.1, 0.15) is 91.2 Å². The van der Waals surface area contributed by atoms with Gasteiger partial charge in [0, 0.05) is 48.8 Å². The minimum absolute atomic E-state index is 0.259. The van der Waals surface area contributed by atoms with E-state index < -0.39 is 5.91 Å². The van der Waals surface area contributed by atoms with Gasteiger partial charge in [0.2, 0.25) is 0 Å². The third-order valence-corrected chi connectivity index (χ3v) is 9.69. The normalized spacial score (nSPS) is 18.3. The topological polar surface area (TPSA) is 86.0 Å². The van der Waals surface area contributed by atoms with Crippen LogP contribution in [0.4, 0.5) is 0 Å². The number of ether oxygens (including phenoxy) is 2. The highest BCUT2D eigenvalue weighted by Gasteiger charge is 2.25. The molecule has 1 saturated heterocycles. The van der Waals surface area contributed by atoms with E-state index >= 15 is 0 Å². The quantitative estimate of drug-likeness (QED) is 0.187. The highest BCUT2D eigenvalue weighted by Crippen LogP contribution is 2.33. The molecular weight excluding hydrogens is 576 g/mol. The number of hydrogen-bond donors (Lipinski definition) is 0. The van der Waals surface area contributed by atoms with Crippen LogP contribution < -0.4 is 0 Å². The van der Waals surface area contributed by atoms with Gasteiger partial charge < -0.3 is 9.47 Å². The summed E-state index contributed by atoms with van der Waals surface area (Å²) in [7, 11) is 0. The summed E-state index contributed by atoms with van der Waals surface area (Å²) in [6.45, 7) is 17.3. The van der Waals surface area contributed by atoms with Gasteiger partial charge in [0.15, 0.2) is 0 Å². The van der Waals surface area contributed by atoms with Crippen LogP contribution in [0.2, 0.25) is 0 Å². The summed E-state index contributed by atoms with van der Waals surface area (Å²) >= 11 is 0. The van der Waals surface area contributed by atoms with Crippen molar-refractivity contribution < 1.29 is 14.3 Å². The van der Waals surface area contributed by atoms with E-state index in [1.165, 1.54) is 34.0 Å². The van der Waals surface area contributed by atoms with Crippen molar-refractivity contribution in [3.8, 4) is 0 Å². The van der Waals surface area contributed by atoms with Crippen molar-refractivity contribution in [2.24, 2.45) is 5.18 Å². The highest BCUT2D eigenvalue weighted by molar-refractivity contribution is 5.95. The Balaban J connectivity index is 1.25. The van der Waals surface area contributed by atoms with E-state index in [9.17, 15) is 9.70 Å². The number of carbonyl (C=O) groups is 1. The minimum Gasteiger partial charge on any atom is -0.488 e. The first-order valence-corrected chi connectivity index (χ1v) is 16.8. The van der Waals surface area contributed by atoms with Crippen LogP contribution in [-0.2, 0) is 35.3 Å². The largest absolute Gasteiger partial charge is 0.488 e. The maximum atomic E-state index is 12.0. The van der Waals surface area contributed by atoms with Crippen molar-refractivity contribution in [3.05, 3.63) is 110 Å². The summed E-state index contributed by atoms with van der Waals surface area (Å²) in [5.74, 6) is 0.132. The molecule has 3 aliphatic rings. The van der Waals surface area contributed by atoms with Crippen LogP contribution in [0.3, 0.4) is 0 Å². The number of benzene rings is 1. The molecule has 2 aromatic rings. The molecule has 1 amide bonds. The van der Waals surface area contributed by atoms with E-state index in [-0.39, 0.29) is 5.56 Å². The zero-order valence-corrected chi connectivity index (χ0v) is 27.9. The number of aromatic nitrogens is 2. The molecule has 244 valence electrons. The predicted molar refractivity (Wildman–Crippen MR) is 183 cm³/mol. The van der Waals surface area contributed by atoms with E-state index in [0.717, 1.165) is 93.9 Å². The molecule has 1 fully saturated rings. The van der Waals surface area contributed by atoms with Crippen molar-refractivity contribution in [2.45, 2.75) is 91.7 Å². The molecule has 0 N–H and O–H groups in total. The van der Waals surface area contributed by atoms with Crippen LogP contribution in [0.5, 0.6) is 0 Å². The van der Waals surface area contributed by atoms with Gasteiger partial charge in [0.05, 0.1) is 17.5 Å². The monoisotopic (exact) mass is 624 g/mol. The molecule has 5 rings (SSSR count). The van der Waals surface area contributed by atoms with Crippen molar-refractivity contribution in [1.29, 1.82) is 0 Å². The first-order chi connectivity index (χ1) is 22.3. The van der Waals surface area contributed by atoms with Gasteiger partial charge >= 0.3 is 5.91 Å². The van der Waals surface area contributed by atoms with E-state index in [0.29, 0.717) is 24.8 Å². The molecule has 0 spiro atoms. The fourth-order valence-corrected chi connectivity index (χ4v) is 6.99. The third kappa shape index (κ3) is 7.56. The molecule has 0 saturated carbocycles. The Morgan fingerprint density at radius 3 is 2.72 bits per heavy atom. The van der Waals surface area contributed by atoms with Gasteiger partial charge in [-0.2, -0.15) is 5.10 Å². The Morgan fingerprint density at radius 1 is 1.17 bits per heavy atom. The fourth-order valence-electron chi connectivity index (χ4n) is 6.99. The summed E-state index contributed by atoms with van der Waals surface area (Å²) in [6.07, 6.45) is 17.3. The van der Waals surface area contributed by atoms with Gasteiger partial charge in [0.25, 0.3) is 0 Å². The van der Waals surface area contributed by atoms with Crippen LogP contribution in [0.25, 0.3) is 5.70 Å². The molecule has 2 aliphatic heterocycles. The zero-order chi connectivity index (χ0) is 32.6. The number of rotatable bonds is 11. The van der Waals surface area contributed by atoms with Crippen molar-refractivity contribution in [2.75, 3.05) is 26.3 Å². The van der Waals surface area contributed by atoms with Crippen molar-refractivity contribution in [1.82, 2.24) is 14.7 Å². The molecule has 0 atom stereocenters. The molecule has 1 aromatic carbocycles. The van der Waals surface area contributed by atoms with Gasteiger partial charge in [-0.15, -0.1) is 4.91 Å². The van der Waals surface area contributed by atoms with Crippen LogP contribution in [0.15, 0.2) is 76.9 Å². The lowest BCUT2D eigenvalue weighted by Gasteiger charge is -2.33. The Labute approximate surface area is 273 Å². The Morgan fingerprint density at radius 2 is 1.96 bits per heavy atom. The van der Waals surface area contributed by atoms with Crippen molar-refractivity contribution in [3.63, 3.8) is 0 Å². The summed E-state index contributed by atoms with van der Waals surface area (Å²) in [6, 6.07) is 5.23. The van der Waals surface area contributed by atoms with E-state index in [2.05, 4.69) is 53.8 Å². The third-order valence-electron chi connectivity index (χ3n) is 9.69. The molecular formula is C38H48N4O4. The van der Waals surface area contributed by atoms with Crippen LogP contribution in [-0.4, -0.2) is 52.9 Å². The Kier molecular flexibility index (Phi) is 11.4. The van der Waals surface area contributed by atoms with Gasteiger partial charge in [0.1, 0.15) is 12.4 Å². The number of amides is 1. The molecule has 46 heavy (non-hydrogen) atoms. The summed E-state index contributed by atoms with van der Waals surface area (Å²) in [5, 5.41) is 6.95. The molecule has 0 radical (unpaired) electrons. The number of nitroso groups, excluding NO2 is 1. The average molecular weight is 625 g/mol. The van der Waals surface area contributed by atoms with E-state index in [1.807, 2.05) is 32.1 Å². The lowest BCUT2D eigenvalue weighted by molar-refractivity contribution is 0.0355. The van der Waals surface area contributed by atoms with Gasteiger partial charge in [-0.05, 0) is 105 Å². The van der Waals surface area contributed by atoms with Gasteiger partial charge in [-0.3, -0.25) is 9.69 Å². The van der Waals surface area contributed by atoms with Crippen LogP contribution >= 0.6 is 0 Å². The van der Waals surface area contributed by atoms with Gasteiger partial charge in [-0.25, -0.2) is 4.68 Å². The van der Waals surface area contributed by atoms with E-state index in [1.54, 1.807) is 4.68 Å². The van der Waals surface area contributed by atoms with Gasteiger partial charge in [-0.1, -0.05) is 50.3 Å². The number of allylic oxidation sites excluding steroid dienone is 7. The summed E-state index contributed by atoms with van der Waals surface area (Å²) < 4.78 is 13.9. The van der Waals surface area contributed by atoms with E-state index in [4.69, 9.17) is 9.47 Å². The average Bonchev–Trinajstić information content (AvgIpc) is 3.36. The first-order valence-electron chi connectivity index (χ1n) is 16.8. The smallest absolute Gasteiger partial charge is 0.320 e. The molecule has 0 unspecified atom stereocenters. The Hall–Kier alpha value is -3.88. The minimum atomic E-state index is -0.788. The standard InChI is InChI=1S/C38H48N4O4/c1-6-9-36-35(38(43)40-44)24-39-42(36)28(4)12-7-10-26(2)33-13-8-11-27(3)37(33)46-25-31-15-14-30-16-20-41(21-17-34(30)29(31)5)32-18-22-45-23-19-32/h7,10,12-15,24,32H,2,6,8-9,11,16-23,25H2,1,3-5H3/b10-7-,28-12+. The molecule has 8 heteroatoms. The maximum absolute atomic E-state index is 12.0. The number of carbonyl (C=O) groups excluding carboxylic acids is 1. The molecule has 1 aliphatic carbocycles. The second-order valence-electron chi connectivity index (χ2n) is 12.7. The first kappa shape index (κ1) is 33.5. The lowest BCUT2D eigenvalue weighted by Crippen LogP contribution is -2.40. The number of hydrogen-bond acceptors (Lipinski definition) is 6. The molecule has 1 aromatic heterocycles. The number of fused-ring (bicyclic) bond motifs is 1. The SMILES string of the molecule is C=C(/C=C\C=C(/C)n1ncc(C(=O)N=O)c1CCC)C1=CCCC(C)=C1OCc1ccc2c(c1C)CCN(C1CCOCC1)CC2. The number of nitrogens with zero attached hydrogens (tertiary/aromatic N) is 4. The molecule has 8 nitrogen and oxygen atoms in total.